The molecule has 0 saturated carbocycles. The molecule has 0 aliphatic heterocycles. The van der Waals surface area contributed by atoms with Crippen molar-refractivity contribution < 1.29 is 4.74 Å². The fourth-order valence-electron chi connectivity index (χ4n) is 1.19. The number of methoxy groups -OCH3 is 1. The van der Waals surface area contributed by atoms with Crippen molar-refractivity contribution >= 4 is 33.1 Å². The molecule has 0 aromatic heterocycles. The maximum absolute atomic E-state index is 5.16. The van der Waals surface area contributed by atoms with Crippen LogP contribution in [0.15, 0.2) is 17.0 Å². The third-order valence-corrected chi connectivity index (χ3v) is 3.67. The van der Waals surface area contributed by atoms with Crippen LogP contribution >= 0.6 is 12.6 Å². The standard InChI is InChI=1S/C10H14OSSe/c1-6(2)7-4-5-8(11-3)9(12)10(7)13/h4-6,12-13H,1-3H3/p-1. The number of thiol groups is 1. The molecule has 0 amide bonds. The summed E-state index contributed by atoms with van der Waals surface area (Å²) in [5, 5.41) is 0. The van der Waals surface area contributed by atoms with E-state index in [1.807, 2.05) is 6.07 Å². The Bertz CT molecular complexity index is 310. The van der Waals surface area contributed by atoms with Gasteiger partial charge in [-0.05, 0) is 0 Å². The van der Waals surface area contributed by atoms with Crippen LogP contribution in [0.4, 0.5) is 0 Å². The molecular formula is C10H13OSSe-. The fraction of sp³-hybridized carbons (Fsp3) is 0.400. The van der Waals surface area contributed by atoms with E-state index < -0.39 is 0 Å². The van der Waals surface area contributed by atoms with E-state index in [0.29, 0.717) is 5.92 Å². The first kappa shape index (κ1) is 11.0. The van der Waals surface area contributed by atoms with E-state index in [1.54, 1.807) is 7.11 Å². The zero-order chi connectivity index (χ0) is 10.0. The zero-order valence-corrected chi connectivity index (χ0v) is 10.6. The molecule has 3 heteroatoms. The normalized spacial score (nSPS) is 10.5. The molecule has 0 heterocycles. The molecule has 0 atom stereocenters. The van der Waals surface area contributed by atoms with Crippen molar-refractivity contribution in [3.05, 3.63) is 17.7 Å². The van der Waals surface area contributed by atoms with E-state index >= 15 is 0 Å². The molecule has 1 aromatic carbocycles. The minimum absolute atomic E-state index is 0.507. The first-order valence-electron chi connectivity index (χ1n) is 4.14. The summed E-state index contributed by atoms with van der Waals surface area (Å²) in [6, 6.07) is 4.04. The molecule has 1 nitrogen and oxygen atoms in total. The van der Waals surface area contributed by atoms with Crippen LogP contribution in [-0.4, -0.2) is 23.1 Å². The fourth-order valence-corrected chi connectivity index (χ4v) is 2.33. The Balaban J connectivity index is 3.23. The quantitative estimate of drug-likeness (QED) is 0.631. The number of rotatable bonds is 2. The average molecular weight is 260 g/mol. The molecule has 1 aromatic rings. The topological polar surface area (TPSA) is 9.23 Å². The summed E-state index contributed by atoms with van der Waals surface area (Å²) in [6.45, 7) is 4.33. The molecule has 0 aliphatic rings. The van der Waals surface area contributed by atoms with Crippen LogP contribution in [0, 0.1) is 0 Å². The van der Waals surface area contributed by atoms with E-state index in [1.165, 1.54) is 5.56 Å². The SMILES string of the molecule is COc1ccc(C(C)C)c([Se-])c1S. The molecule has 0 unspecified atom stereocenters. The average Bonchev–Trinajstić information content (AvgIpc) is 2.09. The molecule has 0 aliphatic carbocycles. The van der Waals surface area contributed by atoms with E-state index in [4.69, 9.17) is 4.74 Å². The van der Waals surface area contributed by atoms with Gasteiger partial charge in [-0.1, -0.05) is 0 Å². The summed E-state index contributed by atoms with van der Waals surface area (Å²) in [4.78, 5) is 0.897. The molecule has 13 heavy (non-hydrogen) atoms. The van der Waals surface area contributed by atoms with Crippen molar-refractivity contribution in [1.29, 1.82) is 0 Å². The van der Waals surface area contributed by atoms with Gasteiger partial charge in [0.2, 0.25) is 0 Å². The Labute approximate surface area is 93.1 Å². The summed E-state index contributed by atoms with van der Waals surface area (Å²) in [5.41, 5.74) is 1.28. The number of hydrogen-bond acceptors (Lipinski definition) is 2. The van der Waals surface area contributed by atoms with Gasteiger partial charge in [0.15, 0.2) is 0 Å². The molecule has 72 valence electrons. The van der Waals surface area contributed by atoms with Crippen molar-refractivity contribution in [2.24, 2.45) is 0 Å². The van der Waals surface area contributed by atoms with Gasteiger partial charge < -0.3 is 0 Å². The first-order chi connectivity index (χ1) is 6.07. The number of ether oxygens (including phenoxy) is 1. The number of benzene rings is 1. The van der Waals surface area contributed by atoms with Crippen LogP contribution in [0.1, 0.15) is 25.3 Å². The van der Waals surface area contributed by atoms with Crippen LogP contribution in [0.2, 0.25) is 0 Å². The van der Waals surface area contributed by atoms with Crippen LogP contribution in [0.25, 0.3) is 0 Å². The van der Waals surface area contributed by atoms with Gasteiger partial charge >= 0.3 is 93.1 Å². The van der Waals surface area contributed by atoms with Crippen LogP contribution in [0.3, 0.4) is 0 Å². The molecule has 0 fully saturated rings. The van der Waals surface area contributed by atoms with Gasteiger partial charge in [0.05, 0.1) is 0 Å². The van der Waals surface area contributed by atoms with Gasteiger partial charge in [0.25, 0.3) is 0 Å². The van der Waals surface area contributed by atoms with E-state index in [-0.39, 0.29) is 0 Å². The van der Waals surface area contributed by atoms with Crippen LogP contribution in [0.5, 0.6) is 5.75 Å². The van der Waals surface area contributed by atoms with Crippen LogP contribution in [-0.2, 0) is 0 Å². The minimum atomic E-state index is 0.507. The summed E-state index contributed by atoms with van der Waals surface area (Å²) >= 11 is 7.44. The Hall–Kier alpha value is -0.111. The summed E-state index contributed by atoms with van der Waals surface area (Å²) < 4.78 is 6.26. The third kappa shape index (κ3) is 2.22. The Morgan fingerprint density at radius 1 is 1.38 bits per heavy atom. The predicted octanol–water partition coefficient (Wildman–Crippen LogP) is 1.90. The third-order valence-electron chi connectivity index (χ3n) is 1.97. The van der Waals surface area contributed by atoms with Crippen LogP contribution < -0.4 is 9.20 Å². The summed E-state index contributed by atoms with van der Waals surface area (Å²) in [7, 11) is 1.66. The van der Waals surface area contributed by atoms with Crippen molar-refractivity contribution in [3.8, 4) is 5.75 Å². The monoisotopic (exact) mass is 261 g/mol. The van der Waals surface area contributed by atoms with Gasteiger partial charge in [-0.25, -0.2) is 0 Å². The molecule has 0 saturated heterocycles. The van der Waals surface area contributed by atoms with E-state index in [0.717, 1.165) is 15.1 Å². The Morgan fingerprint density at radius 3 is 2.46 bits per heavy atom. The predicted molar refractivity (Wildman–Crippen MR) is 59.7 cm³/mol. The molecule has 0 bridgehead atoms. The van der Waals surface area contributed by atoms with Crippen molar-refractivity contribution in [2.75, 3.05) is 7.11 Å². The number of hydrogen-bond donors (Lipinski definition) is 1. The van der Waals surface area contributed by atoms with Gasteiger partial charge in [0.1, 0.15) is 0 Å². The second kappa shape index (κ2) is 4.41. The van der Waals surface area contributed by atoms with Crippen molar-refractivity contribution in [1.82, 2.24) is 0 Å². The van der Waals surface area contributed by atoms with Gasteiger partial charge in [-0.15, -0.1) is 0 Å². The molecule has 0 spiro atoms. The Kier molecular flexibility index (Phi) is 3.72. The van der Waals surface area contributed by atoms with E-state index in [2.05, 4.69) is 48.6 Å². The van der Waals surface area contributed by atoms with E-state index in [9.17, 15) is 0 Å². The summed E-state index contributed by atoms with van der Waals surface area (Å²) in [6.07, 6.45) is 0. The molecular weight excluding hydrogens is 247 g/mol. The van der Waals surface area contributed by atoms with Gasteiger partial charge in [-0.2, -0.15) is 0 Å². The molecule has 0 radical (unpaired) electrons. The second-order valence-electron chi connectivity index (χ2n) is 3.19. The molecule has 1 rings (SSSR count). The molecule has 0 N–H and O–H groups in total. The first-order valence-corrected chi connectivity index (χ1v) is 5.45. The zero-order valence-electron chi connectivity index (χ0n) is 8.00. The van der Waals surface area contributed by atoms with Gasteiger partial charge in [0, 0.05) is 0 Å². The van der Waals surface area contributed by atoms with Crippen molar-refractivity contribution in [3.63, 3.8) is 0 Å². The maximum atomic E-state index is 5.16. The van der Waals surface area contributed by atoms with Gasteiger partial charge in [-0.3, -0.25) is 0 Å². The summed E-state index contributed by atoms with van der Waals surface area (Å²) in [5.74, 6) is 1.33. The second-order valence-corrected chi connectivity index (χ2v) is 4.49. The Morgan fingerprint density at radius 2 is 2.00 bits per heavy atom. The van der Waals surface area contributed by atoms with Crippen molar-refractivity contribution in [2.45, 2.75) is 24.7 Å².